The van der Waals surface area contributed by atoms with Gasteiger partial charge < -0.3 is 15.0 Å². The van der Waals surface area contributed by atoms with E-state index in [0.29, 0.717) is 11.6 Å². The number of methoxy groups -OCH3 is 1. The fraction of sp³-hybridized carbons (Fsp3) is 0.533. The minimum absolute atomic E-state index is 0.0956. The van der Waals surface area contributed by atoms with Gasteiger partial charge in [-0.2, -0.15) is 0 Å². The number of nitrogens with zero attached hydrogens (tertiary/aromatic N) is 1. The summed E-state index contributed by atoms with van der Waals surface area (Å²) in [4.78, 5) is 14.4. The molecule has 1 aromatic carbocycles. The largest absolute Gasteiger partial charge is 0.496 e. The van der Waals surface area contributed by atoms with Gasteiger partial charge in [-0.1, -0.05) is 6.07 Å². The Balaban J connectivity index is 2.14. The number of likely N-dealkylation sites (N-methyl/N-ethyl adjacent to an activating group) is 1. The first-order valence-corrected chi connectivity index (χ1v) is 6.77. The van der Waals surface area contributed by atoms with E-state index in [-0.39, 0.29) is 5.91 Å². The molecule has 0 bridgehead atoms. The molecule has 1 aromatic rings. The van der Waals surface area contributed by atoms with Gasteiger partial charge in [0.15, 0.2) is 0 Å². The van der Waals surface area contributed by atoms with Gasteiger partial charge in [0.2, 0.25) is 0 Å². The number of likely N-dealkylation sites (tertiary alicyclic amines) is 1. The van der Waals surface area contributed by atoms with Gasteiger partial charge in [0, 0.05) is 24.7 Å². The molecule has 1 heterocycles. The number of nitrogens with one attached hydrogen (secondary N) is 1. The highest BCUT2D eigenvalue weighted by molar-refractivity contribution is 5.94. The summed E-state index contributed by atoms with van der Waals surface area (Å²) in [6.07, 6.45) is 2.19. The highest BCUT2D eigenvalue weighted by Crippen LogP contribution is 2.21. The second-order valence-corrected chi connectivity index (χ2v) is 5.06. The Kier molecular flexibility index (Phi) is 4.43. The van der Waals surface area contributed by atoms with Gasteiger partial charge in [-0.05, 0) is 44.5 Å². The minimum Gasteiger partial charge on any atom is -0.496 e. The first-order chi connectivity index (χ1) is 9.15. The Morgan fingerprint density at radius 1 is 1.47 bits per heavy atom. The summed E-state index contributed by atoms with van der Waals surface area (Å²) in [5.74, 6) is 0.867. The Morgan fingerprint density at radius 3 is 2.95 bits per heavy atom. The second-order valence-electron chi connectivity index (χ2n) is 5.06. The molecule has 4 nitrogen and oxygen atoms in total. The van der Waals surface area contributed by atoms with Crippen LogP contribution in [0.5, 0.6) is 5.75 Å². The van der Waals surface area contributed by atoms with Gasteiger partial charge >= 0.3 is 0 Å². The predicted octanol–water partition coefficient (Wildman–Crippen LogP) is 1.83. The van der Waals surface area contributed by atoms with Crippen molar-refractivity contribution < 1.29 is 9.53 Å². The summed E-state index contributed by atoms with van der Waals surface area (Å²) in [6.45, 7) is 3.60. The molecule has 0 spiro atoms. The quantitative estimate of drug-likeness (QED) is 0.903. The number of carbonyl (C=O) groups is 1. The lowest BCUT2D eigenvalue weighted by molar-refractivity contribution is 0.0698. The van der Waals surface area contributed by atoms with Crippen LogP contribution in [0, 0.1) is 6.92 Å². The van der Waals surface area contributed by atoms with Crippen LogP contribution < -0.4 is 10.1 Å². The van der Waals surface area contributed by atoms with E-state index in [1.54, 1.807) is 7.11 Å². The van der Waals surface area contributed by atoms with Crippen molar-refractivity contribution in [3.8, 4) is 5.75 Å². The molecular weight excluding hydrogens is 240 g/mol. The molecule has 1 aliphatic heterocycles. The summed E-state index contributed by atoms with van der Waals surface area (Å²) in [5, 5.41) is 3.25. The number of hydrogen-bond acceptors (Lipinski definition) is 3. The number of aryl methyl sites for hydroxylation is 1. The molecule has 0 aromatic heterocycles. The Hall–Kier alpha value is -1.55. The van der Waals surface area contributed by atoms with Crippen molar-refractivity contribution in [1.29, 1.82) is 0 Å². The third kappa shape index (κ3) is 3.07. The van der Waals surface area contributed by atoms with E-state index < -0.39 is 0 Å². The predicted molar refractivity (Wildman–Crippen MR) is 75.7 cm³/mol. The summed E-state index contributed by atoms with van der Waals surface area (Å²) >= 11 is 0. The van der Waals surface area contributed by atoms with Crippen LogP contribution in [0.25, 0.3) is 0 Å². The highest BCUT2D eigenvalue weighted by Gasteiger charge is 2.23. The van der Waals surface area contributed by atoms with Crippen molar-refractivity contribution in [2.75, 3.05) is 27.2 Å². The standard InChI is InChI=1S/C15H22N2O2/c1-11-6-7-12(9-14(11)19-3)15(18)17-8-4-5-13(10-17)16-2/h6-7,9,13,16H,4-5,8,10H2,1-3H3. The molecule has 1 aliphatic rings. The molecule has 19 heavy (non-hydrogen) atoms. The van der Waals surface area contributed by atoms with Crippen molar-refractivity contribution >= 4 is 5.91 Å². The normalized spacial score (nSPS) is 19.3. The van der Waals surface area contributed by atoms with Gasteiger partial charge in [0.05, 0.1) is 7.11 Å². The molecule has 0 radical (unpaired) electrons. The molecule has 4 heteroatoms. The first-order valence-electron chi connectivity index (χ1n) is 6.77. The molecule has 1 saturated heterocycles. The number of piperidine rings is 1. The number of ether oxygens (including phenoxy) is 1. The van der Waals surface area contributed by atoms with E-state index in [2.05, 4.69) is 5.32 Å². The fourth-order valence-corrected chi connectivity index (χ4v) is 2.53. The van der Waals surface area contributed by atoms with E-state index >= 15 is 0 Å². The highest BCUT2D eigenvalue weighted by atomic mass is 16.5. The van der Waals surface area contributed by atoms with Crippen LogP contribution in [0.4, 0.5) is 0 Å². The number of benzene rings is 1. The van der Waals surface area contributed by atoms with E-state index in [0.717, 1.165) is 37.2 Å². The maximum Gasteiger partial charge on any atom is 0.254 e. The molecule has 0 aliphatic carbocycles. The van der Waals surface area contributed by atoms with E-state index in [1.807, 2.05) is 37.1 Å². The van der Waals surface area contributed by atoms with Crippen molar-refractivity contribution in [2.45, 2.75) is 25.8 Å². The number of hydrogen-bond donors (Lipinski definition) is 1. The second kappa shape index (κ2) is 6.06. The minimum atomic E-state index is 0.0956. The summed E-state index contributed by atoms with van der Waals surface area (Å²) in [6, 6.07) is 6.06. The topological polar surface area (TPSA) is 41.6 Å². The SMILES string of the molecule is CNC1CCCN(C(=O)c2ccc(C)c(OC)c2)C1. The van der Waals surface area contributed by atoms with Crippen molar-refractivity contribution in [1.82, 2.24) is 10.2 Å². The Labute approximate surface area is 114 Å². The third-order valence-corrected chi connectivity index (χ3v) is 3.77. The lowest BCUT2D eigenvalue weighted by atomic mass is 10.0. The van der Waals surface area contributed by atoms with Crippen LogP contribution >= 0.6 is 0 Å². The van der Waals surface area contributed by atoms with E-state index in [1.165, 1.54) is 0 Å². The third-order valence-electron chi connectivity index (χ3n) is 3.77. The first kappa shape index (κ1) is 13.9. The van der Waals surface area contributed by atoms with Gasteiger partial charge in [-0.3, -0.25) is 4.79 Å². The zero-order valence-corrected chi connectivity index (χ0v) is 11.9. The lowest BCUT2D eigenvalue weighted by Gasteiger charge is -2.32. The summed E-state index contributed by atoms with van der Waals surface area (Å²) < 4.78 is 5.28. The van der Waals surface area contributed by atoms with Gasteiger partial charge in [0.1, 0.15) is 5.75 Å². The zero-order chi connectivity index (χ0) is 13.8. The molecule has 1 atom stereocenters. The average Bonchev–Trinajstić information content (AvgIpc) is 2.47. The van der Waals surface area contributed by atoms with E-state index in [4.69, 9.17) is 4.74 Å². The van der Waals surface area contributed by atoms with Crippen molar-refractivity contribution in [3.05, 3.63) is 29.3 Å². The number of amides is 1. The fourth-order valence-electron chi connectivity index (χ4n) is 2.53. The van der Waals surface area contributed by atoms with Gasteiger partial charge in [-0.15, -0.1) is 0 Å². The van der Waals surface area contributed by atoms with Gasteiger partial charge in [-0.25, -0.2) is 0 Å². The number of carbonyl (C=O) groups excluding carboxylic acids is 1. The van der Waals surface area contributed by atoms with Crippen LogP contribution in [0.3, 0.4) is 0 Å². The lowest BCUT2D eigenvalue weighted by Crippen LogP contribution is -2.46. The maximum absolute atomic E-state index is 12.5. The van der Waals surface area contributed by atoms with Gasteiger partial charge in [0.25, 0.3) is 5.91 Å². The molecular formula is C15H22N2O2. The summed E-state index contributed by atoms with van der Waals surface area (Å²) in [5.41, 5.74) is 1.75. The van der Waals surface area contributed by atoms with Crippen LogP contribution in [0.15, 0.2) is 18.2 Å². The molecule has 0 saturated carbocycles. The molecule has 1 N–H and O–H groups in total. The van der Waals surface area contributed by atoms with E-state index in [9.17, 15) is 4.79 Å². The molecule has 1 fully saturated rings. The molecule has 1 unspecified atom stereocenters. The average molecular weight is 262 g/mol. The van der Waals surface area contributed by atoms with Crippen LogP contribution in [-0.2, 0) is 0 Å². The van der Waals surface area contributed by atoms with Crippen LogP contribution in [0.2, 0.25) is 0 Å². The number of rotatable bonds is 3. The molecule has 2 rings (SSSR count). The van der Waals surface area contributed by atoms with Crippen LogP contribution in [-0.4, -0.2) is 44.1 Å². The Bertz CT molecular complexity index is 459. The zero-order valence-electron chi connectivity index (χ0n) is 11.9. The Morgan fingerprint density at radius 2 is 2.26 bits per heavy atom. The maximum atomic E-state index is 12.5. The summed E-state index contributed by atoms with van der Waals surface area (Å²) in [7, 11) is 3.59. The van der Waals surface area contributed by atoms with Crippen molar-refractivity contribution in [2.24, 2.45) is 0 Å². The molecule has 104 valence electrons. The monoisotopic (exact) mass is 262 g/mol. The smallest absolute Gasteiger partial charge is 0.254 e. The van der Waals surface area contributed by atoms with Crippen molar-refractivity contribution in [3.63, 3.8) is 0 Å². The molecule has 1 amide bonds. The van der Waals surface area contributed by atoms with Crippen LogP contribution in [0.1, 0.15) is 28.8 Å².